The molecule has 5 N–H and O–H groups in total. The summed E-state index contributed by atoms with van der Waals surface area (Å²) in [6.07, 6.45) is 3.74. The second-order valence-corrected chi connectivity index (χ2v) is 6.33. The highest BCUT2D eigenvalue weighted by molar-refractivity contribution is 6.05. The zero-order chi connectivity index (χ0) is 20.1. The monoisotopic (exact) mass is 381 g/mol. The van der Waals surface area contributed by atoms with Crippen molar-refractivity contribution in [3.8, 4) is 11.6 Å². The molecule has 0 saturated heterocycles. The first-order valence-corrected chi connectivity index (χ1v) is 8.78. The minimum Gasteiger partial charge on any atom is -0.506 e. The Morgan fingerprint density at radius 1 is 1.04 bits per heavy atom. The molecule has 10 nitrogen and oxygen atoms in total. The summed E-state index contributed by atoms with van der Waals surface area (Å²) in [5.41, 5.74) is -2.24. The molecule has 27 heavy (non-hydrogen) atoms. The van der Waals surface area contributed by atoms with E-state index >= 15 is 0 Å². The Bertz CT molecular complexity index is 810. The van der Waals surface area contributed by atoms with Crippen molar-refractivity contribution >= 4 is 17.8 Å². The summed E-state index contributed by atoms with van der Waals surface area (Å²) in [5.74, 6) is -5.05. The quantitative estimate of drug-likeness (QED) is 0.475. The fourth-order valence-electron chi connectivity index (χ4n) is 3.25. The van der Waals surface area contributed by atoms with Gasteiger partial charge >= 0.3 is 5.97 Å². The van der Waals surface area contributed by atoms with Crippen LogP contribution in [0.15, 0.2) is 4.79 Å². The molecule has 1 saturated carbocycles. The molecule has 0 radical (unpaired) electrons. The van der Waals surface area contributed by atoms with E-state index < -0.39 is 58.7 Å². The summed E-state index contributed by atoms with van der Waals surface area (Å²) in [6.45, 7) is 1.05. The maximum atomic E-state index is 12.8. The molecule has 0 aromatic carbocycles. The lowest BCUT2D eigenvalue weighted by molar-refractivity contribution is -0.135. The van der Waals surface area contributed by atoms with Crippen LogP contribution in [0, 0.1) is 0 Å². The van der Waals surface area contributed by atoms with Gasteiger partial charge in [-0.3, -0.25) is 23.7 Å². The van der Waals surface area contributed by atoms with Gasteiger partial charge in [-0.25, -0.2) is 0 Å². The molecule has 0 bridgehead atoms. The smallest absolute Gasteiger partial charge is 0.322 e. The number of carboxylic acids is 1. The van der Waals surface area contributed by atoms with Gasteiger partial charge in [-0.05, 0) is 19.8 Å². The zero-order valence-corrected chi connectivity index (χ0v) is 14.9. The number of carbonyl (C=O) groups is 3. The number of aromatic nitrogens is 1. The first-order valence-electron chi connectivity index (χ1n) is 8.78. The number of rotatable bonds is 6. The van der Waals surface area contributed by atoms with Gasteiger partial charge in [-0.15, -0.1) is 0 Å². The van der Waals surface area contributed by atoms with Gasteiger partial charge in [0.1, 0.15) is 17.7 Å². The summed E-state index contributed by atoms with van der Waals surface area (Å²) < 4.78 is 0.957. The van der Waals surface area contributed by atoms with Crippen molar-refractivity contribution in [3.05, 3.63) is 21.5 Å². The largest absolute Gasteiger partial charge is 0.506 e. The molecular weight excluding hydrogens is 358 g/mol. The molecule has 0 unspecified atom stereocenters. The predicted octanol–water partition coefficient (Wildman–Crippen LogP) is 0.329. The first kappa shape index (κ1) is 20.3. The topological polar surface area (TPSA) is 158 Å². The molecule has 1 aliphatic rings. The number of carboxylic acid groups (broad SMARTS) is 1. The maximum Gasteiger partial charge on any atom is 0.322 e. The third-order valence-electron chi connectivity index (χ3n) is 4.49. The second kappa shape index (κ2) is 8.56. The summed E-state index contributed by atoms with van der Waals surface area (Å²) in [4.78, 5) is 48.1. The number of nitrogens with zero attached hydrogens (tertiary/aromatic N) is 1. The molecule has 1 aromatic rings. The highest BCUT2D eigenvalue weighted by atomic mass is 16.4. The Hall–Kier alpha value is -3.04. The molecular formula is C17H23N3O7. The number of aliphatic carboxylic acids is 1. The van der Waals surface area contributed by atoms with Gasteiger partial charge in [0.15, 0.2) is 5.75 Å². The summed E-state index contributed by atoms with van der Waals surface area (Å²) >= 11 is 0. The van der Waals surface area contributed by atoms with E-state index in [1.807, 2.05) is 5.32 Å². The molecule has 2 rings (SSSR count). The average molecular weight is 381 g/mol. The number of aromatic hydroxyl groups is 2. The van der Waals surface area contributed by atoms with Gasteiger partial charge in [-0.2, -0.15) is 0 Å². The molecule has 2 amide bonds. The van der Waals surface area contributed by atoms with E-state index in [9.17, 15) is 29.4 Å². The number of pyridine rings is 1. The Balaban J connectivity index is 2.65. The van der Waals surface area contributed by atoms with Gasteiger partial charge in [0, 0.05) is 12.6 Å². The van der Waals surface area contributed by atoms with E-state index in [1.54, 1.807) is 6.92 Å². The molecule has 0 aliphatic heterocycles. The lowest BCUT2D eigenvalue weighted by Crippen LogP contribution is -2.37. The highest BCUT2D eigenvalue weighted by Gasteiger charge is 2.32. The Morgan fingerprint density at radius 3 is 2.19 bits per heavy atom. The predicted molar refractivity (Wildman–Crippen MR) is 94.1 cm³/mol. The van der Waals surface area contributed by atoms with Gasteiger partial charge < -0.3 is 26.0 Å². The van der Waals surface area contributed by atoms with Gasteiger partial charge in [-0.1, -0.05) is 19.3 Å². The van der Waals surface area contributed by atoms with Gasteiger partial charge in [0.25, 0.3) is 17.4 Å². The lowest BCUT2D eigenvalue weighted by atomic mass is 9.94. The van der Waals surface area contributed by atoms with Gasteiger partial charge in [0.2, 0.25) is 5.88 Å². The Morgan fingerprint density at radius 2 is 1.63 bits per heavy atom. The van der Waals surface area contributed by atoms with Crippen LogP contribution in [0.3, 0.4) is 0 Å². The third kappa shape index (κ3) is 4.21. The van der Waals surface area contributed by atoms with Crippen molar-refractivity contribution < 1.29 is 29.7 Å². The van der Waals surface area contributed by atoms with Crippen LogP contribution in [0.1, 0.15) is 65.8 Å². The highest BCUT2D eigenvalue weighted by Crippen LogP contribution is 2.35. The van der Waals surface area contributed by atoms with Crippen LogP contribution in [-0.4, -0.2) is 50.8 Å². The maximum absolute atomic E-state index is 12.8. The molecule has 1 aliphatic carbocycles. The fourth-order valence-corrected chi connectivity index (χ4v) is 3.25. The molecule has 10 heteroatoms. The van der Waals surface area contributed by atoms with E-state index in [2.05, 4.69) is 5.32 Å². The second-order valence-electron chi connectivity index (χ2n) is 6.33. The van der Waals surface area contributed by atoms with E-state index in [-0.39, 0.29) is 6.54 Å². The fraction of sp³-hybridized carbons (Fsp3) is 0.529. The summed E-state index contributed by atoms with van der Waals surface area (Å²) in [6, 6.07) is -0.425. The van der Waals surface area contributed by atoms with E-state index in [1.165, 1.54) is 0 Å². The van der Waals surface area contributed by atoms with Crippen LogP contribution in [0.25, 0.3) is 0 Å². The molecule has 148 valence electrons. The molecule has 0 atom stereocenters. The number of nitrogens with one attached hydrogen (secondary N) is 2. The summed E-state index contributed by atoms with van der Waals surface area (Å²) in [7, 11) is 0. The molecule has 0 spiro atoms. The number of hydrogen-bond donors (Lipinski definition) is 5. The molecule has 1 fully saturated rings. The van der Waals surface area contributed by atoms with E-state index in [0.717, 1.165) is 23.8 Å². The number of carbonyl (C=O) groups excluding carboxylic acids is 2. The Kier molecular flexibility index (Phi) is 6.43. The zero-order valence-electron chi connectivity index (χ0n) is 14.9. The third-order valence-corrected chi connectivity index (χ3v) is 4.49. The first-order chi connectivity index (χ1) is 12.8. The minimum absolute atomic E-state index is 0.183. The van der Waals surface area contributed by atoms with E-state index in [0.29, 0.717) is 12.8 Å². The number of amides is 2. The molecule has 1 heterocycles. The minimum atomic E-state index is -1.33. The van der Waals surface area contributed by atoms with Crippen LogP contribution in [-0.2, 0) is 4.79 Å². The SMILES string of the molecule is CCNC(=O)c1c(O)c(C(=O)NCC(=O)O)c(O)n(C2CCCCC2)c1=O. The van der Waals surface area contributed by atoms with Crippen LogP contribution < -0.4 is 16.2 Å². The van der Waals surface area contributed by atoms with Crippen molar-refractivity contribution in [2.24, 2.45) is 0 Å². The van der Waals surface area contributed by atoms with Crippen LogP contribution >= 0.6 is 0 Å². The van der Waals surface area contributed by atoms with Crippen molar-refractivity contribution in [3.63, 3.8) is 0 Å². The van der Waals surface area contributed by atoms with Crippen molar-refractivity contribution in [2.75, 3.05) is 13.1 Å². The van der Waals surface area contributed by atoms with Crippen LogP contribution in [0.5, 0.6) is 11.6 Å². The van der Waals surface area contributed by atoms with Crippen molar-refractivity contribution in [1.29, 1.82) is 0 Å². The average Bonchev–Trinajstić information content (AvgIpc) is 2.61. The Labute approximate surface area is 154 Å². The normalized spacial score (nSPS) is 14.6. The van der Waals surface area contributed by atoms with Crippen LogP contribution in [0.4, 0.5) is 0 Å². The standard InChI is InChI=1S/C17H23N3O7/c1-2-18-14(24)11-13(23)12(15(25)19-8-10(21)22)17(27)20(16(11)26)9-6-4-3-5-7-9/h9,23,27H,2-8H2,1H3,(H,18,24)(H,19,25)(H,21,22). The van der Waals surface area contributed by atoms with Crippen LogP contribution in [0.2, 0.25) is 0 Å². The molecule has 1 aromatic heterocycles. The lowest BCUT2D eigenvalue weighted by Gasteiger charge is -2.26. The number of hydrogen-bond acceptors (Lipinski definition) is 6. The van der Waals surface area contributed by atoms with Crippen molar-refractivity contribution in [1.82, 2.24) is 15.2 Å². The van der Waals surface area contributed by atoms with Gasteiger partial charge in [0.05, 0.1) is 0 Å². The van der Waals surface area contributed by atoms with E-state index in [4.69, 9.17) is 5.11 Å². The van der Waals surface area contributed by atoms with Crippen molar-refractivity contribution in [2.45, 2.75) is 45.1 Å². The summed E-state index contributed by atoms with van der Waals surface area (Å²) in [5, 5.41) is 34.0.